The number of amides is 4. The minimum Gasteiger partial charge on any atom is -0.508 e. The van der Waals surface area contributed by atoms with Crippen molar-refractivity contribution in [1.82, 2.24) is 26.4 Å². The summed E-state index contributed by atoms with van der Waals surface area (Å²) in [5.41, 5.74) is 4.03. The Morgan fingerprint density at radius 2 is 1.70 bits per heavy atom. The van der Waals surface area contributed by atoms with Crippen LogP contribution in [0.3, 0.4) is 0 Å². The van der Waals surface area contributed by atoms with Crippen LogP contribution in [0.2, 0.25) is 0 Å². The Kier molecular flexibility index (Phi) is 23.3. The van der Waals surface area contributed by atoms with Gasteiger partial charge in [0.2, 0.25) is 17.7 Å². The van der Waals surface area contributed by atoms with E-state index in [4.69, 9.17) is 9.47 Å². The van der Waals surface area contributed by atoms with Gasteiger partial charge in [-0.1, -0.05) is 123 Å². The lowest BCUT2D eigenvalue weighted by Gasteiger charge is -2.51. The normalized spacial score (nSPS) is 33.9. The number of nitrogens with zero attached hydrogens (tertiary/aromatic N) is 1. The first-order valence-electron chi connectivity index (χ1n) is 30.4. The van der Waals surface area contributed by atoms with Crippen molar-refractivity contribution >= 4 is 35.4 Å². The Morgan fingerprint density at radius 3 is 2.40 bits per heavy atom. The first-order chi connectivity index (χ1) is 38.4. The molecule has 2 unspecified atom stereocenters. The number of aromatic hydroxyl groups is 1. The van der Waals surface area contributed by atoms with Crippen LogP contribution in [0.5, 0.6) is 5.75 Å². The van der Waals surface area contributed by atoms with E-state index in [-0.39, 0.29) is 84.3 Å². The van der Waals surface area contributed by atoms with E-state index < -0.39 is 71.3 Å². The number of fused-ring (bicyclic) bond motifs is 2. The summed E-state index contributed by atoms with van der Waals surface area (Å²) < 4.78 is 13.1. The highest BCUT2D eigenvalue weighted by molar-refractivity contribution is 5.98. The molecular weight excluding hydrogens is 1030 g/mol. The molecule has 81 heavy (non-hydrogen) atoms. The molecule has 16 nitrogen and oxygen atoms in total. The van der Waals surface area contributed by atoms with Crippen LogP contribution in [0, 0.1) is 41.4 Å². The minimum atomic E-state index is -1.47. The van der Waals surface area contributed by atoms with Gasteiger partial charge in [0.15, 0.2) is 5.72 Å². The number of carbonyl (C=O) groups is 6. The lowest BCUT2D eigenvalue weighted by Crippen LogP contribution is -2.64. The van der Waals surface area contributed by atoms with E-state index in [2.05, 4.69) is 41.3 Å². The van der Waals surface area contributed by atoms with E-state index in [1.54, 1.807) is 18.2 Å². The van der Waals surface area contributed by atoms with Gasteiger partial charge in [-0.25, -0.2) is 5.43 Å². The first-order valence-corrected chi connectivity index (χ1v) is 30.4. The van der Waals surface area contributed by atoms with Gasteiger partial charge in [-0.05, 0) is 137 Å². The number of benzene rings is 1. The molecule has 2 bridgehead atoms. The molecule has 1 aromatic carbocycles. The number of Topliss-reactive ketones (excluding diaryl/α,β-unsaturated/α-hetero) is 1. The maximum absolute atomic E-state index is 15.0. The molecule has 1 aromatic rings. The smallest absolute Gasteiger partial charge is 0.325 e. The fourth-order valence-corrected chi connectivity index (χ4v) is 12.3. The van der Waals surface area contributed by atoms with Crippen molar-refractivity contribution < 1.29 is 53.6 Å². The predicted molar refractivity (Wildman–Crippen MR) is 314 cm³/mol. The zero-order valence-electron chi connectivity index (χ0n) is 50.3. The number of cyclic esters (lactones) is 1. The van der Waals surface area contributed by atoms with Gasteiger partial charge in [0.1, 0.15) is 35.3 Å². The molecule has 3 fully saturated rings. The second-order valence-corrected chi connectivity index (χ2v) is 24.8. The van der Waals surface area contributed by atoms with E-state index in [1.807, 2.05) is 97.9 Å². The largest absolute Gasteiger partial charge is 0.508 e. The molecule has 4 aliphatic heterocycles. The number of aryl methyl sites for hydroxylation is 1. The van der Waals surface area contributed by atoms with Gasteiger partial charge in [-0.3, -0.25) is 29.0 Å². The van der Waals surface area contributed by atoms with E-state index >= 15 is 4.79 Å². The number of piperidine rings is 1. The lowest BCUT2D eigenvalue weighted by molar-refractivity contribution is -0.179. The van der Waals surface area contributed by atoms with Crippen molar-refractivity contribution in [3.8, 4) is 5.75 Å². The fourth-order valence-electron chi connectivity index (χ4n) is 12.3. The number of nitrogens with one attached hydrogen (secondary N) is 4. The van der Waals surface area contributed by atoms with Crippen LogP contribution in [-0.2, 0) is 44.7 Å². The SMILES string of the molecule is CCc1ccc([C@@H]2CC23NC(=O)[C@H](C(C)C)NC(=O)[C@H](CCC(C)=O)CCC[C@@H](C)[C@@H](O)/C=C/C=C/C[C@@H](/C(C)=C/C=C/CC[C@H](C)[C@@H](O)C[C@@H]2O[C@@]4(NC(=O)[C@@H](CC)C[C@@H]4C)C(C)=C[C@H]2C)OC(=O)C2CCCN(N2)C3=O)cc1O. The second kappa shape index (κ2) is 29.2. The molecule has 7 N–H and O–H groups in total. The van der Waals surface area contributed by atoms with Gasteiger partial charge in [-0.15, -0.1) is 0 Å². The standard InChI is InChI=1S/C65H97N5O11/c1-12-47-31-32-50(36-55(47)74)51-38-64(51)63(79)70-33-21-26-52(69-70)62(78)80-56(28-19-15-18-27-53(72)40(5)24-20-25-49(30-29-46(11)71)59(75)66-58(39(3)4)61(77)67-64)42(7)23-17-14-16-22-41(6)54(73)37-57-43(8)34-44(9)65(81-57)45(10)35-48(13-2)60(76)68-65/h14-15,17-19,23,27,31-32,34,36,39-41,43,45,48-49,51-54,56-58,69,72-74H,12-13,16,20-22,24-26,28-30,33,35,37-38H2,1-11H3,(H,66,75)(H,67,77)(H,68,76)/b17-14+,19-15+,27-18+,42-23+/t40-,41+,43-,45+,48+,49+,51+,52?,53+,54+,56+,57+,58+,64?,65+/m1/s1. The number of hydrazine groups is 1. The zero-order valence-corrected chi connectivity index (χ0v) is 50.3. The summed E-state index contributed by atoms with van der Waals surface area (Å²) in [7, 11) is 0. The Morgan fingerprint density at radius 1 is 0.951 bits per heavy atom. The molecule has 4 amide bonds. The van der Waals surface area contributed by atoms with Crippen LogP contribution in [0.25, 0.3) is 0 Å². The van der Waals surface area contributed by atoms with Crippen molar-refractivity contribution in [3.63, 3.8) is 0 Å². The van der Waals surface area contributed by atoms with Crippen molar-refractivity contribution in [2.24, 2.45) is 41.4 Å². The van der Waals surface area contributed by atoms with Crippen LogP contribution in [0.1, 0.15) is 183 Å². The Labute approximate surface area is 482 Å². The van der Waals surface area contributed by atoms with Crippen molar-refractivity contribution in [3.05, 3.63) is 89.1 Å². The van der Waals surface area contributed by atoms with Crippen LogP contribution in [0.15, 0.2) is 78.0 Å². The van der Waals surface area contributed by atoms with Gasteiger partial charge in [0, 0.05) is 55.4 Å². The number of phenols is 1. The number of aliphatic hydroxyl groups is 2. The van der Waals surface area contributed by atoms with Crippen LogP contribution in [0.4, 0.5) is 0 Å². The Hall–Kier alpha value is -5.42. The minimum absolute atomic E-state index is 0.0190. The zero-order chi connectivity index (χ0) is 59.3. The predicted octanol–water partition coefficient (Wildman–Crippen LogP) is 9.04. The lowest BCUT2D eigenvalue weighted by atomic mass is 9.75. The van der Waals surface area contributed by atoms with Crippen molar-refractivity contribution in [1.29, 1.82) is 0 Å². The molecule has 4 heterocycles. The number of ether oxygens (including phenoxy) is 2. The van der Waals surface area contributed by atoms with E-state index in [0.717, 1.165) is 29.6 Å². The van der Waals surface area contributed by atoms with Crippen LogP contribution < -0.4 is 21.4 Å². The van der Waals surface area contributed by atoms with Crippen molar-refractivity contribution in [2.75, 3.05) is 6.54 Å². The molecule has 5 aliphatic rings. The molecule has 448 valence electrons. The number of phenolic OH excluding ortho intramolecular Hbond substituents is 1. The number of hydrogen-bond acceptors (Lipinski definition) is 12. The number of allylic oxidation sites excluding steroid dienone is 5. The summed E-state index contributed by atoms with van der Waals surface area (Å²) in [4.78, 5) is 83.3. The molecule has 1 saturated carbocycles. The van der Waals surface area contributed by atoms with Crippen LogP contribution in [-0.4, -0.2) is 110 Å². The molecule has 16 heteroatoms. The summed E-state index contributed by atoms with van der Waals surface area (Å²) in [6.07, 6.45) is 20.4. The molecule has 15 atom stereocenters. The first kappa shape index (κ1) is 64.7. The van der Waals surface area contributed by atoms with Gasteiger partial charge >= 0.3 is 5.97 Å². The summed E-state index contributed by atoms with van der Waals surface area (Å²) in [6.45, 7) is 21.5. The van der Waals surface area contributed by atoms with Gasteiger partial charge in [-0.2, -0.15) is 0 Å². The maximum Gasteiger partial charge on any atom is 0.325 e. The summed E-state index contributed by atoms with van der Waals surface area (Å²) in [5.74, 6) is -3.39. The fraction of sp³-hybridized carbons (Fsp3) is 0.662. The van der Waals surface area contributed by atoms with Gasteiger partial charge in [0.25, 0.3) is 5.91 Å². The Balaban J connectivity index is 1.19. The number of rotatable bonds is 15. The average molecular weight is 1120 g/mol. The highest BCUT2D eigenvalue weighted by Gasteiger charge is 2.64. The summed E-state index contributed by atoms with van der Waals surface area (Å²) >= 11 is 0. The molecule has 0 radical (unpaired) electrons. The number of aliphatic hydroxyl groups excluding tert-OH is 2. The number of ketones is 1. The van der Waals surface area contributed by atoms with Gasteiger partial charge < -0.3 is 45.5 Å². The molecule has 2 spiro atoms. The molecule has 0 aromatic heterocycles. The Bertz CT molecular complexity index is 2540. The number of hydrogen-bond donors (Lipinski definition) is 7. The van der Waals surface area contributed by atoms with E-state index in [1.165, 1.54) is 11.9 Å². The highest BCUT2D eigenvalue weighted by atomic mass is 16.5. The average Bonchev–Trinajstić information content (AvgIpc) is 3.03. The van der Waals surface area contributed by atoms with Crippen molar-refractivity contribution in [2.45, 2.75) is 226 Å². The molecule has 6 rings (SSSR count). The topological polar surface area (TPSA) is 233 Å². The summed E-state index contributed by atoms with van der Waals surface area (Å²) in [6, 6.07) is 3.39. The summed E-state index contributed by atoms with van der Waals surface area (Å²) in [5, 5.41) is 44.3. The molecular formula is C65H97N5O11. The second-order valence-electron chi connectivity index (χ2n) is 24.8. The third-order valence-corrected chi connectivity index (χ3v) is 18.2. The quantitative estimate of drug-likeness (QED) is 0.0495. The third-order valence-electron chi connectivity index (χ3n) is 18.2. The highest BCUT2D eigenvalue weighted by Crippen LogP contribution is 2.53. The third kappa shape index (κ3) is 16.4. The van der Waals surface area contributed by atoms with E-state index in [9.17, 15) is 39.3 Å². The van der Waals surface area contributed by atoms with E-state index in [0.29, 0.717) is 76.2 Å². The number of carbonyl (C=O) groups excluding carboxylic acids is 6. The van der Waals surface area contributed by atoms with Gasteiger partial charge in [0.05, 0.1) is 18.3 Å². The maximum atomic E-state index is 15.0. The number of esters is 1. The van der Waals surface area contributed by atoms with Crippen LogP contribution >= 0.6 is 0 Å². The monoisotopic (exact) mass is 1120 g/mol. The molecule has 2 saturated heterocycles. The molecule has 1 aliphatic carbocycles.